The highest BCUT2D eigenvalue weighted by Crippen LogP contribution is 2.26. The number of esters is 1. The van der Waals surface area contributed by atoms with E-state index in [-0.39, 0.29) is 11.6 Å². The minimum atomic E-state index is -0.494. The number of carbonyl (C=O) groups is 1. The Morgan fingerprint density at radius 1 is 0.794 bits per heavy atom. The van der Waals surface area contributed by atoms with Crippen LogP contribution in [0.2, 0.25) is 5.02 Å². The molecular weight excluding hydrogens is 446 g/mol. The highest BCUT2D eigenvalue weighted by Gasteiger charge is 2.24. The van der Waals surface area contributed by atoms with Crippen molar-refractivity contribution >= 4 is 29.5 Å². The Hall–Kier alpha value is -4.15. The van der Waals surface area contributed by atoms with Gasteiger partial charge in [0.2, 0.25) is 5.90 Å². The first-order valence-electron chi connectivity index (χ1n) is 10.8. The summed E-state index contributed by atoms with van der Waals surface area (Å²) in [5, 5.41) is 0.656. The molecule has 1 heterocycles. The second kappa shape index (κ2) is 9.77. The summed E-state index contributed by atoms with van der Waals surface area (Å²) in [6.45, 7) is 0.355. The van der Waals surface area contributed by atoms with E-state index in [1.165, 1.54) is 0 Å². The van der Waals surface area contributed by atoms with Crippen LogP contribution in [0, 0.1) is 0 Å². The third kappa shape index (κ3) is 4.92. The Kier molecular flexibility index (Phi) is 6.23. The van der Waals surface area contributed by atoms with Crippen LogP contribution in [-0.4, -0.2) is 11.9 Å². The summed E-state index contributed by atoms with van der Waals surface area (Å²) >= 11 is 6.06. The normalized spacial score (nSPS) is 14.1. The molecular formula is C29H20ClNO3. The summed E-state index contributed by atoms with van der Waals surface area (Å²) in [4.78, 5) is 17.0. The number of hydrogen-bond donors (Lipinski definition) is 0. The Morgan fingerprint density at radius 3 is 2.29 bits per heavy atom. The number of rotatable bonds is 6. The number of nitrogens with zero attached hydrogens (tertiary/aromatic N) is 1. The number of hydrogen-bond acceptors (Lipinski definition) is 4. The van der Waals surface area contributed by atoms with Gasteiger partial charge in [-0.05, 0) is 53.1 Å². The fourth-order valence-electron chi connectivity index (χ4n) is 3.63. The molecule has 0 saturated carbocycles. The number of benzene rings is 4. The lowest BCUT2D eigenvalue weighted by Gasteiger charge is -2.09. The van der Waals surface area contributed by atoms with Crippen LogP contribution in [0.15, 0.2) is 114 Å². The van der Waals surface area contributed by atoms with Crippen LogP contribution >= 0.6 is 11.6 Å². The standard InChI is InChI=1S/C29H20ClNO3/c30-25-11-6-7-20(17-25)19-33-27-12-5-4-10-24(27)18-26-29(32)34-28(31-26)23-15-13-22(14-16-23)21-8-2-1-3-9-21/h1-18H,19H2/b26-18-. The van der Waals surface area contributed by atoms with E-state index in [0.717, 1.165) is 27.8 Å². The van der Waals surface area contributed by atoms with E-state index in [2.05, 4.69) is 17.1 Å². The van der Waals surface area contributed by atoms with Crippen molar-refractivity contribution in [1.29, 1.82) is 0 Å². The largest absolute Gasteiger partial charge is 0.488 e. The van der Waals surface area contributed by atoms with Crippen LogP contribution in [-0.2, 0) is 16.1 Å². The van der Waals surface area contributed by atoms with Crippen molar-refractivity contribution in [1.82, 2.24) is 0 Å². The van der Waals surface area contributed by atoms with E-state index >= 15 is 0 Å². The summed E-state index contributed by atoms with van der Waals surface area (Å²) < 4.78 is 11.4. The van der Waals surface area contributed by atoms with E-state index in [1.807, 2.05) is 91.0 Å². The Labute approximate surface area is 202 Å². The second-order valence-corrected chi connectivity index (χ2v) is 8.17. The van der Waals surface area contributed by atoms with Gasteiger partial charge in [0.1, 0.15) is 12.4 Å². The van der Waals surface area contributed by atoms with Gasteiger partial charge in [0.05, 0.1) is 0 Å². The van der Waals surface area contributed by atoms with E-state index < -0.39 is 5.97 Å². The molecule has 1 aliphatic rings. The maximum absolute atomic E-state index is 12.5. The van der Waals surface area contributed by atoms with Gasteiger partial charge in [-0.2, -0.15) is 0 Å². The highest BCUT2D eigenvalue weighted by atomic mass is 35.5. The van der Waals surface area contributed by atoms with Gasteiger partial charge in [-0.15, -0.1) is 0 Å². The summed E-state index contributed by atoms with van der Waals surface area (Å²) in [6, 6.07) is 32.9. The molecule has 0 N–H and O–H groups in total. The lowest BCUT2D eigenvalue weighted by atomic mass is 10.0. The number of carbonyl (C=O) groups excluding carboxylic acids is 1. The average Bonchev–Trinajstić information content (AvgIpc) is 3.24. The molecule has 166 valence electrons. The average molecular weight is 466 g/mol. The van der Waals surface area contributed by atoms with Crippen LogP contribution in [0.3, 0.4) is 0 Å². The molecule has 0 amide bonds. The van der Waals surface area contributed by atoms with Gasteiger partial charge in [0.15, 0.2) is 5.70 Å². The summed E-state index contributed by atoms with van der Waals surface area (Å²) in [6.07, 6.45) is 1.68. The van der Waals surface area contributed by atoms with E-state index in [4.69, 9.17) is 21.1 Å². The van der Waals surface area contributed by atoms with Gasteiger partial charge in [-0.25, -0.2) is 9.79 Å². The molecule has 0 atom stereocenters. The molecule has 1 aliphatic heterocycles. The minimum absolute atomic E-state index is 0.223. The number of para-hydroxylation sites is 1. The van der Waals surface area contributed by atoms with Crippen molar-refractivity contribution in [3.8, 4) is 16.9 Å². The lowest BCUT2D eigenvalue weighted by Crippen LogP contribution is -2.05. The fourth-order valence-corrected chi connectivity index (χ4v) is 3.85. The molecule has 0 unspecified atom stereocenters. The quantitative estimate of drug-likeness (QED) is 0.229. The molecule has 0 saturated heterocycles. The fraction of sp³-hybridized carbons (Fsp3) is 0.0345. The maximum atomic E-state index is 12.5. The molecule has 5 heteroatoms. The van der Waals surface area contributed by atoms with Crippen LogP contribution in [0.1, 0.15) is 16.7 Å². The van der Waals surface area contributed by atoms with Crippen LogP contribution in [0.25, 0.3) is 17.2 Å². The predicted molar refractivity (Wildman–Crippen MR) is 135 cm³/mol. The number of cyclic esters (lactones) is 1. The van der Waals surface area contributed by atoms with Crippen molar-refractivity contribution in [2.24, 2.45) is 4.99 Å². The van der Waals surface area contributed by atoms with E-state index in [0.29, 0.717) is 17.4 Å². The van der Waals surface area contributed by atoms with Gasteiger partial charge >= 0.3 is 5.97 Å². The van der Waals surface area contributed by atoms with Crippen molar-refractivity contribution in [3.05, 3.63) is 131 Å². The Morgan fingerprint density at radius 2 is 1.50 bits per heavy atom. The number of aliphatic imine (C=N–C) groups is 1. The van der Waals surface area contributed by atoms with E-state index in [1.54, 1.807) is 6.08 Å². The van der Waals surface area contributed by atoms with Crippen molar-refractivity contribution in [2.75, 3.05) is 0 Å². The smallest absolute Gasteiger partial charge is 0.363 e. The van der Waals surface area contributed by atoms with E-state index in [9.17, 15) is 4.79 Å². The molecule has 0 spiro atoms. The molecule has 4 aromatic carbocycles. The molecule has 5 rings (SSSR count). The summed E-state index contributed by atoms with van der Waals surface area (Å²) in [5.74, 6) is 0.429. The predicted octanol–water partition coefficient (Wildman–Crippen LogP) is 6.93. The van der Waals surface area contributed by atoms with Gasteiger partial charge in [0, 0.05) is 16.1 Å². The van der Waals surface area contributed by atoms with Crippen LogP contribution in [0.4, 0.5) is 0 Å². The molecule has 4 nitrogen and oxygen atoms in total. The Bertz CT molecular complexity index is 1390. The SMILES string of the molecule is O=C1OC(c2ccc(-c3ccccc3)cc2)=N/C1=C\c1ccccc1OCc1cccc(Cl)c1. The first-order chi connectivity index (χ1) is 16.7. The number of ether oxygens (including phenoxy) is 2. The van der Waals surface area contributed by atoms with Crippen LogP contribution < -0.4 is 4.74 Å². The van der Waals surface area contributed by atoms with Gasteiger partial charge in [-0.1, -0.05) is 84.4 Å². The van der Waals surface area contributed by atoms with Gasteiger partial charge < -0.3 is 9.47 Å². The third-order valence-electron chi connectivity index (χ3n) is 5.35. The zero-order valence-corrected chi connectivity index (χ0v) is 18.9. The molecule has 0 aliphatic carbocycles. The first kappa shape index (κ1) is 21.7. The zero-order valence-electron chi connectivity index (χ0n) is 18.1. The van der Waals surface area contributed by atoms with Crippen molar-refractivity contribution < 1.29 is 14.3 Å². The minimum Gasteiger partial charge on any atom is -0.488 e. The topological polar surface area (TPSA) is 47.9 Å². The molecule has 0 radical (unpaired) electrons. The number of halogens is 1. The second-order valence-electron chi connectivity index (χ2n) is 7.74. The van der Waals surface area contributed by atoms with Gasteiger partial charge in [-0.3, -0.25) is 0 Å². The maximum Gasteiger partial charge on any atom is 0.363 e. The molecule has 34 heavy (non-hydrogen) atoms. The molecule has 0 bridgehead atoms. The third-order valence-corrected chi connectivity index (χ3v) is 5.59. The van der Waals surface area contributed by atoms with Gasteiger partial charge in [0.25, 0.3) is 0 Å². The molecule has 4 aromatic rings. The first-order valence-corrected chi connectivity index (χ1v) is 11.2. The molecule has 0 fully saturated rings. The lowest BCUT2D eigenvalue weighted by molar-refractivity contribution is -0.129. The van der Waals surface area contributed by atoms with Crippen LogP contribution in [0.5, 0.6) is 5.75 Å². The van der Waals surface area contributed by atoms with Crippen molar-refractivity contribution in [3.63, 3.8) is 0 Å². The summed E-state index contributed by atoms with van der Waals surface area (Å²) in [7, 11) is 0. The molecule has 0 aromatic heterocycles. The highest BCUT2D eigenvalue weighted by molar-refractivity contribution is 6.30. The monoisotopic (exact) mass is 465 g/mol. The summed E-state index contributed by atoms with van der Waals surface area (Å²) in [5.41, 5.74) is 4.85. The zero-order chi connectivity index (χ0) is 23.3. The Balaban J connectivity index is 1.36. The van der Waals surface area contributed by atoms with Crippen molar-refractivity contribution in [2.45, 2.75) is 6.61 Å².